The summed E-state index contributed by atoms with van der Waals surface area (Å²) in [7, 11) is -4.44. The molecule has 0 aromatic heterocycles. The Morgan fingerprint density at radius 2 is 1.75 bits per heavy atom. The molecular weight excluding hydrogens is 390 g/mol. The maximum atomic E-state index is 13.9. The van der Waals surface area contributed by atoms with Crippen molar-refractivity contribution in [1.82, 2.24) is 4.90 Å². The number of morpholine rings is 1. The van der Waals surface area contributed by atoms with Gasteiger partial charge in [0.25, 0.3) is 15.9 Å². The lowest BCUT2D eigenvalue weighted by molar-refractivity contribution is -0.0585. The van der Waals surface area contributed by atoms with E-state index in [-0.39, 0.29) is 29.4 Å². The fraction of sp³-hybridized carbons (Fsp3) is 0.316. The number of anilines is 1. The largest absolute Gasteiger partial charge is 0.372 e. The first-order chi connectivity index (χ1) is 13.2. The van der Waals surface area contributed by atoms with Crippen LogP contribution >= 0.6 is 0 Å². The molecule has 2 unspecified atom stereocenters. The molecular formula is C19H20F2N2O4S. The molecule has 1 heterocycles. The van der Waals surface area contributed by atoms with Crippen LogP contribution in [0.25, 0.3) is 0 Å². The Balaban J connectivity index is 1.92. The molecule has 1 saturated heterocycles. The molecule has 1 amide bonds. The zero-order chi connectivity index (χ0) is 20.5. The number of ether oxygens (including phenoxy) is 1. The minimum absolute atomic E-state index is 0.0111. The molecule has 1 aliphatic heterocycles. The lowest BCUT2D eigenvalue weighted by atomic mass is 10.1. The number of rotatable bonds is 4. The molecule has 2 aromatic carbocycles. The molecule has 0 aliphatic carbocycles. The zero-order valence-corrected chi connectivity index (χ0v) is 16.2. The molecule has 0 spiro atoms. The van der Waals surface area contributed by atoms with E-state index in [9.17, 15) is 22.0 Å². The van der Waals surface area contributed by atoms with Crippen LogP contribution in [-0.2, 0) is 14.8 Å². The number of sulfonamides is 1. The highest BCUT2D eigenvalue weighted by molar-refractivity contribution is 7.92. The van der Waals surface area contributed by atoms with E-state index in [0.29, 0.717) is 19.2 Å². The van der Waals surface area contributed by atoms with Gasteiger partial charge >= 0.3 is 0 Å². The van der Waals surface area contributed by atoms with Gasteiger partial charge in [0, 0.05) is 13.1 Å². The second-order valence-electron chi connectivity index (χ2n) is 6.69. The van der Waals surface area contributed by atoms with E-state index in [1.54, 1.807) is 17.0 Å². The van der Waals surface area contributed by atoms with Crippen molar-refractivity contribution in [2.24, 2.45) is 0 Å². The summed E-state index contributed by atoms with van der Waals surface area (Å²) in [6.07, 6.45) is -0.309. The minimum Gasteiger partial charge on any atom is -0.372 e. The average molecular weight is 410 g/mol. The normalized spacial score (nSPS) is 20.1. The van der Waals surface area contributed by atoms with Crippen molar-refractivity contribution >= 4 is 21.6 Å². The molecule has 6 nitrogen and oxygen atoms in total. The average Bonchev–Trinajstić information content (AvgIpc) is 2.62. The van der Waals surface area contributed by atoms with E-state index in [2.05, 4.69) is 4.72 Å². The third kappa shape index (κ3) is 4.31. The van der Waals surface area contributed by atoms with Crippen LogP contribution in [-0.4, -0.2) is 44.5 Å². The predicted molar refractivity (Wildman–Crippen MR) is 99.5 cm³/mol. The van der Waals surface area contributed by atoms with Gasteiger partial charge in [-0.2, -0.15) is 0 Å². The lowest BCUT2D eigenvalue weighted by Gasteiger charge is -2.35. The third-order valence-corrected chi connectivity index (χ3v) is 5.67. The first kappa shape index (κ1) is 20.2. The molecule has 0 saturated carbocycles. The highest BCUT2D eigenvalue weighted by atomic mass is 32.2. The number of hydrogen-bond acceptors (Lipinski definition) is 4. The zero-order valence-electron chi connectivity index (χ0n) is 15.4. The van der Waals surface area contributed by atoms with Crippen molar-refractivity contribution < 1.29 is 26.7 Å². The molecule has 0 bridgehead atoms. The fourth-order valence-electron chi connectivity index (χ4n) is 3.16. The number of nitrogens with one attached hydrogen (secondary N) is 1. The van der Waals surface area contributed by atoms with Crippen molar-refractivity contribution in [3.8, 4) is 0 Å². The monoisotopic (exact) mass is 410 g/mol. The van der Waals surface area contributed by atoms with Crippen molar-refractivity contribution in [1.29, 1.82) is 0 Å². The molecule has 150 valence electrons. The van der Waals surface area contributed by atoms with Gasteiger partial charge in [-0.15, -0.1) is 0 Å². The van der Waals surface area contributed by atoms with Crippen molar-refractivity contribution in [2.45, 2.75) is 31.0 Å². The number of halogens is 2. The van der Waals surface area contributed by atoms with E-state index in [1.165, 1.54) is 12.1 Å². The standard InChI is InChI=1S/C19H20F2N2O4S/c1-12-10-23(11-13(2)27-12)19(24)15-5-3-4-6-17(15)22-28(25,26)18-9-14(20)7-8-16(18)21/h3-9,12-13,22H,10-11H2,1-2H3. The molecule has 1 N–H and O–H groups in total. The van der Waals surface area contributed by atoms with Crippen LogP contribution in [0.15, 0.2) is 47.4 Å². The minimum atomic E-state index is -4.44. The topological polar surface area (TPSA) is 75.7 Å². The van der Waals surface area contributed by atoms with Gasteiger partial charge in [0.15, 0.2) is 0 Å². The molecule has 1 aliphatic rings. The number of carbonyl (C=O) groups is 1. The van der Waals surface area contributed by atoms with Crippen LogP contribution in [0.2, 0.25) is 0 Å². The quantitative estimate of drug-likeness (QED) is 0.841. The number of carbonyl (C=O) groups excluding carboxylic acids is 1. The van der Waals surface area contributed by atoms with Crippen LogP contribution in [0.1, 0.15) is 24.2 Å². The van der Waals surface area contributed by atoms with Gasteiger partial charge in [-0.05, 0) is 44.2 Å². The van der Waals surface area contributed by atoms with Gasteiger partial charge in [-0.3, -0.25) is 9.52 Å². The summed E-state index contributed by atoms with van der Waals surface area (Å²) in [6, 6.07) is 8.17. The SMILES string of the molecule is CC1CN(C(=O)c2ccccc2NS(=O)(=O)c2cc(F)ccc2F)CC(C)O1. The van der Waals surface area contributed by atoms with Gasteiger partial charge in [0.05, 0.1) is 23.5 Å². The Bertz CT molecular complexity index is 987. The second kappa shape index (κ2) is 7.84. The smallest absolute Gasteiger partial charge is 0.264 e. The maximum absolute atomic E-state index is 13.9. The van der Waals surface area contributed by atoms with Crippen LogP contribution in [0.3, 0.4) is 0 Å². The molecule has 2 aromatic rings. The van der Waals surface area contributed by atoms with Gasteiger partial charge in [0.1, 0.15) is 16.5 Å². The highest BCUT2D eigenvalue weighted by Crippen LogP contribution is 2.24. The van der Waals surface area contributed by atoms with Crippen LogP contribution in [0.4, 0.5) is 14.5 Å². The molecule has 1 fully saturated rings. The van der Waals surface area contributed by atoms with Crippen molar-refractivity contribution in [3.05, 3.63) is 59.7 Å². The van der Waals surface area contributed by atoms with E-state index in [0.717, 1.165) is 12.1 Å². The predicted octanol–water partition coefficient (Wildman–Crippen LogP) is 3.02. The van der Waals surface area contributed by atoms with Gasteiger partial charge < -0.3 is 9.64 Å². The number of amides is 1. The Hall–Kier alpha value is -2.52. The van der Waals surface area contributed by atoms with Gasteiger partial charge in [0.2, 0.25) is 0 Å². The molecule has 0 radical (unpaired) electrons. The Morgan fingerprint density at radius 1 is 1.11 bits per heavy atom. The molecule has 3 rings (SSSR count). The fourth-order valence-corrected chi connectivity index (χ4v) is 4.33. The van der Waals surface area contributed by atoms with Crippen LogP contribution in [0.5, 0.6) is 0 Å². The Morgan fingerprint density at radius 3 is 2.43 bits per heavy atom. The number of benzene rings is 2. The van der Waals surface area contributed by atoms with E-state index in [1.807, 2.05) is 13.8 Å². The maximum Gasteiger partial charge on any atom is 0.264 e. The summed E-state index contributed by atoms with van der Waals surface area (Å²) in [6.45, 7) is 4.42. The summed E-state index contributed by atoms with van der Waals surface area (Å²) in [4.78, 5) is 13.7. The van der Waals surface area contributed by atoms with E-state index < -0.39 is 26.6 Å². The number of nitrogens with zero attached hydrogens (tertiary/aromatic N) is 1. The molecule has 2 atom stereocenters. The van der Waals surface area contributed by atoms with Gasteiger partial charge in [-0.1, -0.05) is 12.1 Å². The molecule has 28 heavy (non-hydrogen) atoms. The first-order valence-electron chi connectivity index (χ1n) is 8.69. The Kier molecular flexibility index (Phi) is 5.66. The summed E-state index contributed by atoms with van der Waals surface area (Å²) in [5.41, 5.74) is 0.104. The number of para-hydroxylation sites is 1. The summed E-state index contributed by atoms with van der Waals surface area (Å²) in [5.74, 6) is -2.35. The van der Waals surface area contributed by atoms with Crippen LogP contribution < -0.4 is 4.72 Å². The first-order valence-corrected chi connectivity index (χ1v) is 10.2. The lowest BCUT2D eigenvalue weighted by Crippen LogP contribution is -2.48. The van der Waals surface area contributed by atoms with E-state index in [4.69, 9.17) is 4.74 Å². The van der Waals surface area contributed by atoms with Crippen molar-refractivity contribution in [3.63, 3.8) is 0 Å². The summed E-state index contributed by atoms with van der Waals surface area (Å²) < 4.78 is 60.3. The summed E-state index contributed by atoms with van der Waals surface area (Å²) in [5, 5.41) is 0. The van der Waals surface area contributed by atoms with Gasteiger partial charge in [-0.25, -0.2) is 17.2 Å². The molecule has 9 heteroatoms. The Labute approximate surface area is 162 Å². The second-order valence-corrected chi connectivity index (χ2v) is 8.34. The van der Waals surface area contributed by atoms with Crippen molar-refractivity contribution in [2.75, 3.05) is 17.8 Å². The highest BCUT2D eigenvalue weighted by Gasteiger charge is 2.29. The van der Waals surface area contributed by atoms with E-state index >= 15 is 0 Å². The van der Waals surface area contributed by atoms with Crippen LogP contribution in [0, 0.1) is 11.6 Å². The number of hydrogen-bond donors (Lipinski definition) is 1. The third-order valence-electron chi connectivity index (χ3n) is 4.29. The summed E-state index contributed by atoms with van der Waals surface area (Å²) >= 11 is 0.